The summed E-state index contributed by atoms with van der Waals surface area (Å²) in [7, 11) is 0. The van der Waals surface area contributed by atoms with Crippen molar-refractivity contribution in [2.24, 2.45) is 5.41 Å². The molecule has 0 amide bonds. The van der Waals surface area contributed by atoms with Crippen LogP contribution in [0.4, 0.5) is 0 Å². The van der Waals surface area contributed by atoms with Gasteiger partial charge in [-0.05, 0) is 6.92 Å². The Labute approximate surface area is 102 Å². The zero-order valence-corrected chi connectivity index (χ0v) is 10.4. The average Bonchev–Trinajstić information content (AvgIpc) is 2.55. The van der Waals surface area contributed by atoms with Crippen molar-refractivity contribution in [2.75, 3.05) is 39.3 Å². The zero-order valence-electron chi connectivity index (χ0n) is 10.4. The fourth-order valence-corrected chi connectivity index (χ4v) is 3.17. The van der Waals surface area contributed by atoms with E-state index in [1.165, 1.54) is 0 Å². The number of esters is 1. The van der Waals surface area contributed by atoms with Crippen LogP contribution in [0.5, 0.6) is 0 Å². The number of hydrogen-bond acceptors (Lipinski definition) is 5. The first-order valence-electron chi connectivity index (χ1n) is 6.54. The molecular weight excluding hydrogens is 218 g/mol. The van der Waals surface area contributed by atoms with Crippen LogP contribution in [0.15, 0.2) is 0 Å². The average molecular weight is 239 g/mol. The molecule has 0 aromatic heterocycles. The molecule has 3 aliphatic heterocycles. The van der Waals surface area contributed by atoms with Crippen LogP contribution < -0.4 is 10.6 Å². The minimum Gasteiger partial charge on any atom is -0.460 e. The van der Waals surface area contributed by atoms with Crippen LogP contribution in [0, 0.1) is 5.41 Å². The van der Waals surface area contributed by atoms with E-state index in [0.717, 1.165) is 39.3 Å². The number of hydrogen-bond donors (Lipinski definition) is 2. The van der Waals surface area contributed by atoms with Crippen LogP contribution in [-0.2, 0) is 9.53 Å². The molecule has 0 aliphatic carbocycles. The van der Waals surface area contributed by atoms with Crippen molar-refractivity contribution >= 4 is 5.97 Å². The number of carbonyl (C=O) groups excluding carboxylic acids is 1. The molecule has 2 N–H and O–H groups in total. The van der Waals surface area contributed by atoms with E-state index in [9.17, 15) is 4.79 Å². The third kappa shape index (κ3) is 2.07. The first-order chi connectivity index (χ1) is 8.18. The lowest BCUT2D eigenvalue weighted by Gasteiger charge is -2.43. The van der Waals surface area contributed by atoms with Gasteiger partial charge in [0.25, 0.3) is 0 Å². The topological polar surface area (TPSA) is 53.6 Å². The second kappa shape index (κ2) is 4.23. The Morgan fingerprint density at radius 3 is 3.00 bits per heavy atom. The van der Waals surface area contributed by atoms with Gasteiger partial charge in [0.05, 0.1) is 6.42 Å². The molecule has 3 fully saturated rings. The first-order valence-corrected chi connectivity index (χ1v) is 6.54. The van der Waals surface area contributed by atoms with Gasteiger partial charge in [0.2, 0.25) is 0 Å². The van der Waals surface area contributed by atoms with E-state index in [1.807, 2.05) is 0 Å². The molecule has 0 aromatic rings. The Hall–Kier alpha value is -0.650. The molecule has 2 unspecified atom stereocenters. The van der Waals surface area contributed by atoms with Crippen LogP contribution >= 0.6 is 0 Å². The highest BCUT2D eigenvalue weighted by atomic mass is 16.6. The highest BCUT2D eigenvalue weighted by molar-refractivity contribution is 5.73. The smallest absolute Gasteiger partial charge is 0.306 e. The van der Waals surface area contributed by atoms with E-state index in [-0.39, 0.29) is 17.5 Å². The lowest BCUT2D eigenvalue weighted by Crippen LogP contribution is -2.61. The fraction of sp³-hybridized carbons (Fsp3) is 0.917. The molecule has 96 valence electrons. The standard InChI is InChI=1S/C12H21N3O2/c1-9-5-15(3-2-14-9)6-10-12(7-13-8-12)4-11(16)17-10/h9-10,13-14H,2-8H2,1H3. The Morgan fingerprint density at radius 2 is 2.35 bits per heavy atom. The van der Waals surface area contributed by atoms with Gasteiger partial charge in [-0.3, -0.25) is 9.69 Å². The minimum atomic E-state index is -0.0142. The van der Waals surface area contributed by atoms with E-state index in [1.54, 1.807) is 0 Å². The molecule has 3 aliphatic rings. The van der Waals surface area contributed by atoms with Crippen molar-refractivity contribution in [3.8, 4) is 0 Å². The molecule has 2 atom stereocenters. The molecule has 0 radical (unpaired) electrons. The van der Waals surface area contributed by atoms with Crippen molar-refractivity contribution in [1.29, 1.82) is 0 Å². The number of carbonyl (C=O) groups is 1. The van der Waals surface area contributed by atoms with Crippen molar-refractivity contribution in [3.05, 3.63) is 0 Å². The largest absolute Gasteiger partial charge is 0.460 e. The molecular formula is C12H21N3O2. The normalized spacial score (nSPS) is 36.9. The van der Waals surface area contributed by atoms with Crippen LogP contribution in [0.1, 0.15) is 13.3 Å². The lowest BCUT2D eigenvalue weighted by molar-refractivity contribution is -0.142. The van der Waals surface area contributed by atoms with Gasteiger partial charge in [-0.25, -0.2) is 0 Å². The van der Waals surface area contributed by atoms with Gasteiger partial charge in [0.1, 0.15) is 6.10 Å². The van der Waals surface area contributed by atoms with E-state index in [4.69, 9.17) is 4.74 Å². The summed E-state index contributed by atoms with van der Waals surface area (Å²) in [6, 6.07) is 0.538. The monoisotopic (exact) mass is 239 g/mol. The van der Waals surface area contributed by atoms with E-state index in [2.05, 4.69) is 22.5 Å². The molecule has 3 rings (SSSR count). The van der Waals surface area contributed by atoms with Gasteiger partial charge in [-0.1, -0.05) is 0 Å². The summed E-state index contributed by atoms with van der Waals surface area (Å²) in [5.74, 6) is -0.0142. The maximum Gasteiger partial charge on any atom is 0.306 e. The number of piperazine rings is 1. The fourth-order valence-electron chi connectivity index (χ4n) is 3.17. The Morgan fingerprint density at radius 1 is 1.53 bits per heavy atom. The SMILES string of the molecule is CC1CN(CC2OC(=O)CC23CNC3)CCN1. The number of rotatable bonds is 2. The van der Waals surface area contributed by atoms with E-state index < -0.39 is 0 Å². The molecule has 3 saturated heterocycles. The van der Waals surface area contributed by atoms with Gasteiger partial charge in [-0.15, -0.1) is 0 Å². The molecule has 5 heteroatoms. The maximum atomic E-state index is 11.5. The summed E-state index contributed by atoms with van der Waals surface area (Å²) in [5.41, 5.74) is 0.102. The summed E-state index contributed by atoms with van der Waals surface area (Å²) in [6.07, 6.45) is 0.702. The predicted molar refractivity (Wildman–Crippen MR) is 63.7 cm³/mol. The Kier molecular flexibility index (Phi) is 2.84. The molecule has 17 heavy (non-hydrogen) atoms. The van der Waals surface area contributed by atoms with Crippen molar-refractivity contribution in [1.82, 2.24) is 15.5 Å². The summed E-state index contributed by atoms with van der Waals surface area (Å²) in [4.78, 5) is 13.9. The van der Waals surface area contributed by atoms with E-state index >= 15 is 0 Å². The molecule has 3 heterocycles. The summed E-state index contributed by atoms with van der Waals surface area (Å²) in [6.45, 7) is 8.12. The van der Waals surface area contributed by atoms with Crippen LogP contribution in [0.25, 0.3) is 0 Å². The number of ether oxygens (including phenoxy) is 1. The van der Waals surface area contributed by atoms with Gasteiger partial charge in [-0.2, -0.15) is 0 Å². The minimum absolute atomic E-state index is 0.0142. The lowest BCUT2D eigenvalue weighted by atomic mass is 9.75. The predicted octanol–water partition coefficient (Wildman–Crippen LogP) is -0.815. The Bertz CT molecular complexity index is 317. The van der Waals surface area contributed by atoms with Crippen LogP contribution in [0.2, 0.25) is 0 Å². The highest BCUT2D eigenvalue weighted by Gasteiger charge is 2.53. The Balaban J connectivity index is 1.62. The van der Waals surface area contributed by atoms with E-state index in [0.29, 0.717) is 12.5 Å². The van der Waals surface area contributed by atoms with Gasteiger partial charge in [0.15, 0.2) is 0 Å². The third-order valence-electron chi connectivity index (χ3n) is 4.28. The number of nitrogens with zero attached hydrogens (tertiary/aromatic N) is 1. The molecule has 0 aromatic carbocycles. The van der Waals surface area contributed by atoms with Crippen molar-refractivity contribution in [3.63, 3.8) is 0 Å². The molecule has 1 spiro atoms. The second-order valence-electron chi connectivity index (χ2n) is 5.74. The zero-order chi connectivity index (χ0) is 11.9. The quantitative estimate of drug-likeness (QED) is 0.617. The van der Waals surface area contributed by atoms with Crippen molar-refractivity contribution < 1.29 is 9.53 Å². The third-order valence-corrected chi connectivity index (χ3v) is 4.28. The van der Waals surface area contributed by atoms with Crippen LogP contribution in [-0.4, -0.2) is 62.3 Å². The molecule has 0 bridgehead atoms. The van der Waals surface area contributed by atoms with Gasteiger partial charge < -0.3 is 15.4 Å². The number of nitrogens with one attached hydrogen (secondary N) is 2. The maximum absolute atomic E-state index is 11.5. The summed E-state index contributed by atoms with van der Waals surface area (Å²) < 4.78 is 5.52. The first kappa shape index (κ1) is 11.4. The van der Waals surface area contributed by atoms with Crippen LogP contribution in [0.3, 0.4) is 0 Å². The molecule has 5 nitrogen and oxygen atoms in total. The number of cyclic esters (lactones) is 1. The second-order valence-corrected chi connectivity index (χ2v) is 5.74. The summed E-state index contributed by atoms with van der Waals surface area (Å²) in [5, 5.41) is 6.71. The van der Waals surface area contributed by atoms with Crippen molar-refractivity contribution in [2.45, 2.75) is 25.5 Å². The highest BCUT2D eigenvalue weighted by Crippen LogP contribution is 2.39. The van der Waals surface area contributed by atoms with Gasteiger partial charge >= 0.3 is 5.97 Å². The van der Waals surface area contributed by atoms with Gasteiger partial charge in [0, 0.05) is 50.7 Å². The summed E-state index contributed by atoms with van der Waals surface area (Å²) >= 11 is 0. The molecule has 0 saturated carbocycles.